The van der Waals surface area contributed by atoms with Crippen LogP contribution in [0.4, 0.5) is 0 Å². The molecule has 1 heterocycles. The standard InChI is InChI=1S/C18H21NO3/c20-9-8-19(13-15-4-2-1-3-5-15)14-16-6-7-17-18(12-16)22-11-10-21-17/h1-7,12,20H,8-11,13-14H2. The number of benzene rings is 2. The lowest BCUT2D eigenvalue weighted by Crippen LogP contribution is -2.26. The first-order valence-electron chi connectivity index (χ1n) is 7.61. The lowest BCUT2D eigenvalue weighted by atomic mass is 10.1. The second-order valence-electron chi connectivity index (χ2n) is 5.40. The second-order valence-corrected chi connectivity index (χ2v) is 5.40. The van der Waals surface area contributed by atoms with E-state index in [1.165, 1.54) is 5.56 Å². The van der Waals surface area contributed by atoms with E-state index in [0.717, 1.165) is 30.2 Å². The Labute approximate surface area is 130 Å². The molecule has 0 saturated carbocycles. The third-order valence-electron chi connectivity index (χ3n) is 3.68. The molecule has 0 unspecified atom stereocenters. The normalized spacial score (nSPS) is 13.4. The van der Waals surface area contributed by atoms with Gasteiger partial charge >= 0.3 is 0 Å². The summed E-state index contributed by atoms with van der Waals surface area (Å²) in [7, 11) is 0. The Balaban J connectivity index is 1.70. The van der Waals surface area contributed by atoms with Crippen LogP contribution in [0.3, 0.4) is 0 Å². The van der Waals surface area contributed by atoms with Crippen molar-refractivity contribution in [3.05, 3.63) is 59.7 Å². The number of aliphatic hydroxyl groups excluding tert-OH is 1. The van der Waals surface area contributed by atoms with E-state index in [1.807, 2.05) is 30.3 Å². The van der Waals surface area contributed by atoms with Gasteiger partial charge < -0.3 is 14.6 Å². The topological polar surface area (TPSA) is 41.9 Å². The molecular formula is C18H21NO3. The zero-order chi connectivity index (χ0) is 15.2. The molecule has 0 bridgehead atoms. The van der Waals surface area contributed by atoms with Gasteiger partial charge in [-0.3, -0.25) is 4.90 Å². The first-order valence-corrected chi connectivity index (χ1v) is 7.61. The fourth-order valence-electron chi connectivity index (χ4n) is 2.64. The van der Waals surface area contributed by atoms with E-state index in [1.54, 1.807) is 0 Å². The molecule has 1 aliphatic rings. The minimum Gasteiger partial charge on any atom is -0.486 e. The Morgan fingerprint density at radius 2 is 1.59 bits per heavy atom. The lowest BCUT2D eigenvalue weighted by molar-refractivity contribution is 0.169. The van der Waals surface area contributed by atoms with Crippen molar-refractivity contribution in [1.82, 2.24) is 4.90 Å². The van der Waals surface area contributed by atoms with Crippen molar-refractivity contribution in [3.63, 3.8) is 0 Å². The Bertz CT molecular complexity index is 601. The molecule has 2 aromatic rings. The van der Waals surface area contributed by atoms with E-state index in [9.17, 15) is 5.11 Å². The third-order valence-corrected chi connectivity index (χ3v) is 3.68. The quantitative estimate of drug-likeness (QED) is 0.889. The van der Waals surface area contributed by atoms with Gasteiger partial charge in [0.15, 0.2) is 11.5 Å². The van der Waals surface area contributed by atoms with Crippen molar-refractivity contribution >= 4 is 0 Å². The lowest BCUT2D eigenvalue weighted by Gasteiger charge is -2.23. The Hall–Kier alpha value is -2.04. The molecule has 22 heavy (non-hydrogen) atoms. The fraction of sp³-hybridized carbons (Fsp3) is 0.333. The van der Waals surface area contributed by atoms with E-state index in [0.29, 0.717) is 19.8 Å². The van der Waals surface area contributed by atoms with Gasteiger partial charge in [-0.1, -0.05) is 36.4 Å². The monoisotopic (exact) mass is 299 g/mol. The molecule has 116 valence electrons. The number of nitrogens with zero attached hydrogens (tertiary/aromatic N) is 1. The highest BCUT2D eigenvalue weighted by atomic mass is 16.6. The molecule has 0 saturated heterocycles. The van der Waals surface area contributed by atoms with Gasteiger partial charge in [-0.15, -0.1) is 0 Å². The summed E-state index contributed by atoms with van der Waals surface area (Å²) in [6, 6.07) is 16.4. The van der Waals surface area contributed by atoms with Gasteiger partial charge in [-0.25, -0.2) is 0 Å². The average molecular weight is 299 g/mol. The molecule has 2 aromatic carbocycles. The van der Waals surface area contributed by atoms with Crippen molar-refractivity contribution in [2.24, 2.45) is 0 Å². The molecule has 0 amide bonds. The van der Waals surface area contributed by atoms with Gasteiger partial charge in [0.05, 0.1) is 6.61 Å². The molecule has 0 spiro atoms. The van der Waals surface area contributed by atoms with Crippen LogP contribution >= 0.6 is 0 Å². The van der Waals surface area contributed by atoms with Gasteiger partial charge in [-0.2, -0.15) is 0 Å². The maximum atomic E-state index is 9.30. The van der Waals surface area contributed by atoms with E-state index in [4.69, 9.17) is 9.47 Å². The van der Waals surface area contributed by atoms with Crippen LogP contribution in [0.5, 0.6) is 11.5 Å². The van der Waals surface area contributed by atoms with Gasteiger partial charge in [0.1, 0.15) is 13.2 Å². The highest BCUT2D eigenvalue weighted by Crippen LogP contribution is 2.31. The molecule has 0 fully saturated rings. The van der Waals surface area contributed by atoms with Gasteiger partial charge in [0.25, 0.3) is 0 Å². The van der Waals surface area contributed by atoms with Crippen LogP contribution in [0.15, 0.2) is 48.5 Å². The Morgan fingerprint density at radius 1 is 0.864 bits per heavy atom. The molecule has 0 atom stereocenters. The van der Waals surface area contributed by atoms with Crippen LogP contribution in [0, 0.1) is 0 Å². The first kappa shape index (κ1) is 14.9. The number of fused-ring (bicyclic) bond motifs is 1. The van der Waals surface area contributed by atoms with E-state index < -0.39 is 0 Å². The summed E-state index contributed by atoms with van der Waals surface area (Å²) >= 11 is 0. The summed E-state index contributed by atoms with van der Waals surface area (Å²) in [6.07, 6.45) is 0. The Kier molecular flexibility index (Phi) is 4.93. The number of hydrogen-bond donors (Lipinski definition) is 1. The first-order chi connectivity index (χ1) is 10.8. The van der Waals surface area contributed by atoms with E-state index >= 15 is 0 Å². The van der Waals surface area contributed by atoms with E-state index in [2.05, 4.69) is 23.1 Å². The maximum Gasteiger partial charge on any atom is 0.161 e. The summed E-state index contributed by atoms with van der Waals surface area (Å²) in [5.41, 5.74) is 2.40. The molecular weight excluding hydrogens is 278 g/mol. The van der Waals surface area contributed by atoms with Crippen LogP contribution in [0.1, 0.15) is 11.1 Å². The van der Waals surface area contributed by atoms with Crippen molar-refractivity contribution in [2.75, 3.05) is 26.4 Å². The summed E-state index contributed by atoms with van der Waals surface area (Å²) in [5, 5.41) is 9.30. The highest BCUT2D eigenvalue weighted by molar-refractivity contribution is 5.43. The highest BCUT2D eigenvalue weighted by Gasteiger charge is 2.13. The minimum atomic E-state index is 0.150. The molecule has 1 N–H and O–H groups in total. The Morgan fingerprint density at radius 3 is 2.36 bits per heavy atom. The van der Waals surface area contributed by atoms with Crippen molar-refractivity contribution in [2.45, 2.75) is 13.1 Å². The van der Waals surface area contributed by atoms with Gasteiger partial charge in [-0.05, 0) is 23.3 Å². The van der Waals surface area contributed by atoms with Crippen molar-refractivity contribution < 1.29 is 14.6 Å². The molecule has 4 heteroatoms. The van der Waals surface area contributed by atoms with Crippen LogP contribution in [-0.2, 0) is 13.1 Å². The molecule has 4 nitrogen and oxygen atoms in total. The summed E-state index contributed by atoms with van der Waals surface area (Å²) < 4.78 is 11.2. The minimum absolute atomic E-state index is 0.150. The third kappa shape index (κ3) is 3.78. The van der Waals surface area contributed by atoms with Crippen LogP contribution in [0.2, 0.25) is 0 Å². The zero-order valence-corrected chi connectivity index (χ0v) is 12.6. The largest absolute Gasteiger partial charge is 0.486 e. The van der Waals surface area contributed by atoms with Gasteiger partial charge in [0.2, 0.25) is 0 Å². The van der Waals surface area contributed by atoms with Crippen molar-refractivity contribution in [1.29, 1.82) is 0 Å². The SMILES string of the molecule is OCCN(Cc1ccccc1)Cc1ccc2c(c1)OCCO2. The average Bonchev–Trinajstić information content (AvgIpc) is 2.56. The summed E-state index contributed by atoms with van der Waals surface area (Å²) in [4.78, 5) is 2.22. The van der Waals surface area contributed by atoms with Crippen LogP contribution in [-0.4, -0.2) is 36.4 Å². The maximum absolute atomic E-state index is 9.30. The molecule has 0 aromatic heterocycles. The number of rotatable bonds is 6. The molecule has 3 rings (SSSR count). The zero-order valence-electron chi connectivity index (χ0n) is 12.6. The fourth-order valence-corrected chi connectivity index (χ4v) is 2.64. The molecule has 0 aliphatic carbocycles. The predicted octanol–water partition coefficient (Wildman–Crippen LogP) is 2.45. The smallest absolute Gasteiger partial charge is 0.161 e. The summed E-state index contributed by atoms with van der Waals surface area (Å²) in [5.74, 6) is 1.62. The van der Waals surface area contributed by atoms with Gasteiger partial charge in [0, 0.05) is 19.6 Å². The van der Waals surface area contributed by atoms with Crippen LogP contribution in [0.25, 0.3) is 0 Å². The number of hydrogen-bond acceptors (Lipinski definition) is 4. The molecule has 1 aliphatic heterocycles. The predicted molar refractivity (Wildman–Crippen MR) is 85.1 cm³/mol. The van der Waals surface area contributed by atoms with Crippen molar-refractivity contribution in [3.8, 4) is 11.5 Å². The second kappa shape index (κ2) is 7.29. The molecule has 0 radical (unpaired) electrons. The number of aliphatic hydroxyl groups is 1. The van der Waals surface area contributed by atoms with Crippen LogP contribution < -0.4 is 9.47 Å². The van der Waals surface area contributed by atoms with E-state index in [-0.39, 0.29) is 6.61 Å². The summed E-state index contributed by atoms with van der Waals surface area (Å²) in [6.45, 7) is 3.58. The number of ether oxygens (including phenoxy) is 2.